The minimum Gasteiger partial charge on any atom is -0.330 e. The number of sulfone groups is 1. The number of benzene rings is 1. The van der Waals surface area contributed by atoms with Crippen LogP contribution in [0.15, 0.2) is 59.2 Å². The van der Waals surface area contributed by atoms with Gasteiger partial charge < -0.3 is 9.47 Å². The number of carbonyl (C=O) groups is 1. The van der Waals surface area contributed by atoms with E-state index in [0.29, 0.717) is 18.0 Å². The third-order valence-corrected chi connectivity index (χ3v) is 7.33. The van der Waals surface area contributed by atoms with Crippen molar-refractivity contribution in [2.24, 2.45) is 5.92 Å². The van der Waals surface area contributed by atoms with Crippen molar-refractivity contribution in [1.29, 1.82) is 0 Å². The van der Waals surface area contributed by atoms with E-state index in [1.807, 2.05) is 63.4 Å². The normalized spacial score (nSPS) is 11.9. The number of nitrogens with zero attached hydrogens (tertiary/aromatic N) is 3. The average molecular weight is 460 g/mol. The van der Waals surface area contributed by atoms with Crippen molar-refractivity contribution in [3.05, 3.63) is 70.2 Å². The van der Waals surface area contributed by atoms with E-state index < -0.39 is 9.84 Å². The van der Waals surface area contributed by atoms with Gasteiger partial charge in [0.2, 0.25) is 15.0 Å². The molecule has 0 fully saturated rings. The Labute approximate surface area is 188 Å². The number of carbonyl (C=O) groups excluding carboxylic acids is 1. The number of rotatable bonds is 9. The van der Waals surface area contributed by atoms with Gasteiger partial charge in [-0.3, -0.25) is 4.79 Å². The van der Waals surface area contributed by atoms with E-state index in [1.54, 1.807) is 27.8 Å². The quantitative estimate of drug-likeness (QED) is 0.468. The molecule has 0 aliphatic rings. The fourth-order valence-electron chi connectivity index (χ4n) is 3.39. The zero-order valence-electron chi connectivity index (χ0n) is 18.4. The second kappa shape index (κ2) is 9.78. The van der Waals surface area contributed by atoms with Gasteiger partial charge in [0.05, 0.1) is 29.1 Å². The van der Waals surface area contributed by atoms with Crippen molar-refractivity contribution in [1.82, 2.24) is 14.5 Å². The van der Waals surface area contributed by atoms with E-state index in [-0.39, 0.29) is 28.8 Å². The van der Waals surface area contributed by atoms with Crippen molar-refractivity contribution in [3.63, 3.8) is 0 Å². The number of thiophene rings is 1. The Morgan fingerprint density at radius 2 is 1.81 bits per heavy atom. The van der Waals surface area contributed by atoms with Gasteiger partial charge in [-0.2, -0.15) is 0 Å². The first-order chi connectivity index (χ1) is 14.7. The van der Waals surface area contributed by atoms with E-state index in [4.69, 9.17) is 0 Å². The van der Waals surface area contributed by atoms with Crippen LogP contribution in [-0.2, 0) is 28.7 Å². The summed E-state index contributed by atoms with van der Waals surface area (Å²) in [6.45, 7) is 8.80. The second-order valence-corrected chi connectivity index (χ2v) is 11.1. The molecule has 0 N–H and O–H groups in total. The Kier molecular flexibility index (Phi) is 7.33. The van der Waals surface area contributed by atoms with Crippen LogP contribution in [0.3, 0.4) is 0 Å². The molecule has 0 radical (unpaired) electrons. The first-order valence-corrected chi connectivity index (χ1v) is 12.9. The van der Waals surface area contributed by atoms with Crippen LogP contribution in [0, 0.1) is 5.92 Å². The van der Waals surface area contributed by atoms with Crippen molar-refractivity contribution in [3.8, 4) is 0 Å². The Morgan fingerprint density at radius 1 is 1.10 bits per heavy atom. The molecule has 2 heterocycles. The van der Waals surface area contributed by atoms with Crippen LogP contribution in [0.2, 0.25) is 0 Å². The minimum absolute atomic E-state index is 0.0404. The topological polar surface area (TPSA) is 72.3 Å². The molecule has 1 amide bonds. The molecule has 166 valence electrons. The van der Waals surface area contributed by atoms with Gasteiger partial charge in [-0.15, -0.1) is 11.3 Å². The molecule has 1 aromatic carbocycles. The standard InChI is InChI=1S/C23H29N3O3S2/c1-17(2)14-26-20(15-25(18(3)4)22(27)21-11-8-12-30-21)13-24-23(26)31(28,29)16-19-9-6-5-7-10-19/h5-13,17-18H,14-16H2,1-4H3. The predicted octanol–water partition coefficient (Wildman–Crippen LogP) is 4.63. The van der Waals surface area contributed by atoms with Crippen molar-refractivity contribution in [2.75, 3.05) is 0 Å². The summed E-state index contributed by atoms with van der Waals surface area (Å²) in [5.74, 6) is 0.0554. The summed E-state index contributed by atoms with van der Waals surface area (Å²) >= 11 is 1.40. The first-order valence-electron chi connectivity index (χ1n) is 10.3. The Bertz CT molecular complexity index is 1100. The van der Waals surface area contributed by atoms with Crippen LogP contribution >= 0.6 is 11.3 Å². The van der Waals surface area contributed by atoms with E-state index >= 15 is 0 Å². The number of amides is 1. The molecule has 0 unspecified atom stereocenters. The Balaban J connectivity index is 1.95. The van der Waals surface area contributed by atoms with Crippen molar-refractivity contribution in [2.45, 2.75) is 57.7 Å². The molecule has 0 spiro atoms. The zero-order chi connectivity index (χ0) is 22.6. The molecule has 8 heteroatoms. The molecule has 6 nitrogen and oxygen atoms in total. The molecular weight excluding hydrogens is 430 g/mol. The van der Waals surface area contributed by atoms with Gasteiger partial charge >= 0.3 is 0 Å². The Morgan fingerprint density at radius 3 is 2.39 bits per heavy atom. The molecule has 0 aliphatic carbocycles. The van der Waals surface area contributed by atoms with Crippen LogP contribution in [0.25, 0.3) is 0 Å². The lowest BCUT2D eigenvalue weighted by Crippen LogP contribution is -2.36. The van der Waals surface area contributed by atoms with Crippen LogP contribution in [0.4, 0.5) is 0 Å². The lowest BCUT2D eigenvalue weighted by atomic mass is 10.2. The summed E-state index contributed by atoms with van der Waals surface area (Å²) in [5.41, 5.74) is 1.44. The number of imidazole rings is 1. The smallest absolute Gasteiger partial charge is 0.264 e. The largest absolute Gasteiger partial charge is 0.330 e. The lowest BCUT2D eigenvalue weighted by molar-refractivity contribution is 0.0690. The zero-order valence-corrected chi connectivity index (χ0v) is 20.0. The maximum Gasteiger partial charge on any atom is 0.264 e. The van der Waals surface area contributed by atoms with Crippen molar-refractivity contribution < 1.29 is 13.2 Å². The van der Waals surface area contributed by atoms with Gasteiger partial charge in [-0.25, -0.2) is 13.4 Å². The summed E-state index contributed by atoms with van der Waals surface area (Å²) < 4.78 is 28.2. The number of hydrogen-bond acceptors (Lipinski definition) is 5. The second-order valence-electron chi connectivity index (χ2n) is 8.29. The highest BCUT2D eigenvalue weighted by molar-refractivity contribution is 7.90. The van der Waals surface area contributed by atoms with Crippen LogP contribution in [-0.4, -0.2) is 34.8 Å². The maximum absolute atomic E-state index is 13.2. The minimum atomic E-state index is -3.64. The summed E-state index contributed by atoms with van der Waals surface area (Å²) in [6.07, 6.45) is 1.59. The molecule has 0 saturated carbocycles. The lowest BCUT2D eigenvalue weighted by Gasteiger charge is -2.27. The molecule has 2 aromatic heterocycles. The van der Waals surface area contributed by atoms with Crippen LogP contribution in [0.1, 0.15) is 48.6 Å². The van der Waals surface area contributed by atoms with E-state index in [0.717, 1.165) is 11.3 Å². The molecule has 0 aliphatic heterocycles. The Hall–Kier alpha value is -2.45. The number of aromatic nitrogens is 2. The number of hydrogen-bond donors (Lipinski definition) is 0. The molecule has 3 rings (SSSR count). The van der Waals surface area contributed by atoms with Gasteiger partial charge in [-0.05, 0) is 36.8 Å². The predicted molar refractivity (Wildman–Crippen MR) is 124 cm³/mol. The van der Waals surface area contributed by atoms with Gasteiger partial charge in [0, 0.05) is 12.6 Å². The van der Waals surface area contributed by atoms with E-state index in [2.05, 4.69) is 4.98 Å². The van der Waals surface area contributed by atoms with Gasteiger partial charge in [-0.1, -0.05) is 50.2 Å². The third kappa shape index (κ3) is 5.62. The van der Waals surface area contributed by atoms with E-state index in [1.165, 1.54) is 11.3 Å². The third-order valence-electron chi connectivity index (χ3n) is 4.88. The molecular formula is C23H29N3O3S2. The SMILES string of the molecule is CC(C)Cn1c(CN(C(=O)c2cccs2)C(C)C)cnc1S(=O)(=O)Cc1ccccc1. The highest BCUT2D eigenvalue weighted by Crippen LogP contribution is 2.22. The summed E-state index contributed by atoms with van der Waals surface area (Å²) in [7, 11) is -3.64. The molecule has 3 aromatic rings. The fourth-order valence-corrected chi connectivity index (χ4v) is 5.57. The van der Waals surface area contributed by atoms with Gasteiger partial charge in [0.1, 0.15) is 0 Å². The van der Waals surface area contributed by atoms with Crippen molar-refractivity contribution >= 4 is 27.1 Å². The summed E-state index contributed by atoms with van der Waals surface area (Å²) in [6, 6.07) is 12.7. The summed E-state index contributed by atoms with van der Waals surface area (Å²) in [5, 5.41) is 1.94. The molecule has 0 atom stereocenters. The monoisotopic (exact) mass is 459 g/mol. The summed E-state index contributed by atoms with van der Waals surface area (Å²) in [4.78, 5) is 19.8. The molecule has 31 heavy (non-hydrogen) atoms. The van der Waals surface area contributed by atoms with Crippen LogP contribution in [0.5, 0.6) is 0 Å². The molecule has 0 bridgehead atoms. The molecule has 0 saturated heterocycles. The van der Waals surface area contributed by atoms with Gasteiger partial charge in [0.25, 0.3) is 5.91 Å². The maximum atomic E-state index is 13.2. The first kappa shape index (κ1) is 23.2. The highest BCUT2D eigenvalue weighted by atomic mass is 32.2. The van der Waals surface area contributed by atoms with E-state index in [9.17, 15) is 13.2 Å². The highest BCUT2D eigenvalue weighted by Gasteiger charge is 2.27. The average Bonchev–Trinajstić information content (AvgIpc) is 3.36. The van der Waals surface area contributed by atoms with Gasteiger partial charge in [0.15, 0.2) is 0 Å². The van der Waals surface area contributed by atoms with Crippen LogP contribution < -0.4 is 0 Å². The fraction of sp³-hybridized carbons (Fsp3) is 0.391.